The zero-order valence-electron chi connectivity index (χ0n) is 10.4. The molecule has 4 heteroatoms. The van der Waals surface area contributed by atoms with Gasteiger partial charge in [-0.15, -0.1) is 0 Å². The lowest BCUT2D eigenvalue weighted by Crippen LogP contribution is -2.32. The van der Waals surface area contributed by atoms with Gasteiger partial charge in [0.2, 0.25) is 11.8 Å². The Morgan fingerprint density at radius 3 is 2.19 bits per heavy atom. The quantitative estimate of drug-likeness (QED) is 0.605. The molecule has 0 aliphatic heterocycles. The Morgan fingerprint density at radius 1 is 1.00 bits per heavy atom. The Morgan fingerprint density at radius 2 is 1.69 bits per heavy atom. The van der Waals surface area contributed by atoms with E-state index in [1.54, 1.807) is 0 Å². The van der Waals surface area contributed by atoms with Crippen LogP contribution in [0.15, 0.2) is 0 Å². The second kappa shape index (κ2) is 9.19. The van der Waals surface area contributed by atoms with Crippen molar-refractivity contribution in [2.75, 3.05) is 13.1 Å². The van der Waals surface area contributed by atoms with Crippen LogP contribution >= 0.6 is 0 Å². The summed E-state index contributed by atoms with van der Waals surface area (Å²) in [6.45, 7) is 5.47. The van der Waals surface area contributed by atoms with Crippen LogP contribution in [0, 0.1) is 0 Å². The number of carbonyl (C=O) groups is 2. The first-order chi connectivity index (χ1) is 7.61. The van der Waals surface area contributed by atoms with Crippen molar-refractivity contribution < 1.29 is 9.59 Å². The van der Waals surface area contributed by atoms with E-state index in [9.17, 15) is 9.59 Å². The summed E-state index contributed by atoms with van der Waals surface area (Å²) < 4.78 is 0. The molecule has 16 heavy (non-hydrogen) atoms. The smallest absolute Gasteiger partial charge is 0.238 e. The molecule has 0 aliphatic carbocycles. The number of hydrogen-bond donors (Lipinski definition) is 0. The normalized spacial score (nSPS) is 10.1. The maximum absolute atomic E-state index is 11.8. The van der Waals surface area contributed by atoms with Crippen molar-refractivity contribution in [3.05, 3.63) is 0 Å². The van der Waals surface area contributed by atoms with Gasteiger partial charge in [-0.05, 0) is 19.3 Å². The van der Waals surface area contributed by atoms with Gasteiger partial charge in [0.25, 0.3) is 0 Å². The Labute approximate surface area is 98.2 Å². The summed E-state index contributed by atoms with van der Waals surface area (Å²) in [6.07, 6.45) is 4.35. The minimum Gasteiger partial charge on any atom is -0.343 e. The van der Waals surface area contributed by atoms with Crippen LogP contribution < -0.4 is 5.73 Å². The van der Waals surface area contributed by atoms with E-state index in [2.05, 4.69) is 6.92 Å². The molecule has 0 saturated carbocycles. The Balaban J connectivity index is 3.94. The number of unbranched alkanes of at least 4 members (excludes halogenated alkanes) is 1. The van der Waals surface area contributed by atoms with E-state index in [1.807, 2.05) is 11.8 Å². The van der Waals surface area contributed by atoms with Gasteiger partial charge in [-0.2, -0.15) is 0 Å². The molecule has 0 unspecified atom stereocenters. The molecule has 0 rings (SSSR count). The summed E-state index contributed by atoms with van der Waals surface area (Å²) >= 11 is 0. The van der Waals surface area contributed by atoms with Crippen LogP contribution in [0.5, 0.6) is 0 Å². The fourth-order valence-electron chi connectivity index (χ4n) is 1.55. The molecule has 2 amide bonds. The molecule has 0 bridgehead atoms. The van der Waals surface area contributed by atoms with Gasteiger partial charge in [0.05, 0.1) is 0 Å². The molecule has 0 fully saturated rings. The summed E-state index contributed by atoms with van der Waals surface area (Å²) in [7, 11) is 0. The van der Waals surface area contributed by atoms with Crippen molar-refractivity contribution in [3.8, 4) is 0 Å². The zero-order valence-corrected chi connectivity index (χ0v) is 10.4. The number of hydrogen-bond acceptors (Lipinski definition) is 2. The standard InChI is InChI=1S/C12H23N2O2/c1-3-5-8-12(16)14(9-4-2)10-6-7-11(13)15/h13H,3-10H2,1-2H3. The minimum atomic E-state index is -0.544. The van der Waals surface area contributed by atoms with E-state index >= 15 is 0 Å². The van der Waals surface area contributed by atoms with Gasteiger partial charge in [-0.3, -0.25) is 15.3 Å². The Kier molecular flexibility index (Phi) is 8.58. The molecule has 0 saturated heterocycles. The van der Waals surface area contributed by atoms with Crippen LogP contribution in [0.25, 0.3) is 0 Å². The lowest BCUT2D eigenvalue weighted by Gasteiger charge is -2.21. The van der Waals surface area contributed by atoms with Gasteiger partial charge in [0, 0.05) is 25.9 Å². The lowest BCUT2D eigenvalue weighted by molar-refractivity contribution is -0.131. The molecule has 0 aromatic carbocycles. The summed E-state index contributed by atoms with van der Waals surface area (Å²) in [6, 6.07) is 0. The Hall–Kier alpha value is -1.06. The van der Waals surface area contributed by atoms with Crippen molar-refractivity contribution in [3.63, 3.8) is 0 Å². The van der Waals surface area contributed by atoms with E-state index in [0.29, 0.717) is 19.4 Å². The van der Waals surface area contributed by atoms with Crippen molar-refractivity contribution >= 4 is 11.8 Å². The molecule has 0 atom stereocenters. The number of carbonyl (C=O) groups excluding carboxylic acids is 2. The molecule has 0 aliphatic rings. The molecule has 4 nitrogen and oxygen atoms in total. The fourth-order valence-corrected chi connectivity index (χ4v) is 1.55. The summed E-state index contributed by atoms with van der Waals surface area (Å²) in [5.74, 6) is -0.362. The minimum absolute atomic E-state index is 0.182. The molecule has 93 valence electrons. The molecule has 0 spiro atoms. The van der Waals surface area contributed by atoms with Gasteiger partial charge >= 0.3 is 0 Å². The Bertz CT molecular complexity index is 217. The van der Waals surface area contributed by atoms with Crippen LogP contribution in [0.2, 0.25) is 0 Å². The van der Waals surface area contributed by atoms with E-state index in [-0.39, 0.29) is 12.3 Å². The molecule has 0 aromatic heterocycles. The number of nitrogens with zero attached hydrogens (tertiary/aromatic N) is 1. The van der Waals surface area contributed by atoms with Crippen LogP contribution in [0.4, 0.5) is 0 Å². The highest BCUT2D eigenvalue weighted by atomic mass is 16.2. The van der Waals surface area contributed by atoms with E-state index in [4.69, 9.17) is 5.73 Å². The predicted octanol–water partition coefficient (Wildman–Crippen LogP) is 2.00. The fraction of sp³-hybridized carbons (Fsp3) is 0.833. The van der Waals surface area contributed by atoms with Crippen LogP contribution in [0.3, 0.4) is 0 Å². The first-order valence-corrected chi connectivity index (χ1v) is 6.14. The second-order valence-corrected chi connectivity index (χ2v) is 4.01. The molecule has 1 N–H and O–H groups in total. The van der Waals surface area contributed by atoms with Crippen LogP contribution in [-0.4, -0.2) is 29.8 Å². The first-order valence-electron chi connectivity index (χ1n) is 6.14. The van der Waals surface area contributed by atoms with Crippen LogP contribution in [0.1, 0.15) is 52.4 Å². The number of rotatable bonds is 9. The maximum Gasteiger partial charge on any atom is 0.238 e. The van der Waals surface area contributed by atoms with Crippen LogP contribution in [-0.2, 0) is 9.59 Å². The average Bonchev–Trinajstić information content (AvgIpc) is 2.24. The van der Waals surface area contributed by atoms with Gasteiger partial charge in [-0.25, -0.2) is 0 Å². The van der Waals surface area contributed by atoms with Gasteiger partial charge < -0.3 is 4.90 Å². The third-order valence-electron chi connectivity index (χ3n) is 2.42. The van der Waals surface area contributed by atoms with E-state index in [1.165, 1.54) is 0 Å². The topological polar surface area (TPSA) is 61.2 Å². The summed E-state index contributed by atoms with van der Waals surface area (Å²) in [5, 5.41) is 0. The SMILES string of the molecule is CCCCC(=O)N(CCC)CCCC([NH])=O. The second-order valence-electron chi connectivity index (χ2n) is 4.01. The van der Waals surface area contributed by atoms with E-state index in [0.717, 1.165) is 25.8 Å². The summed E-state index contributed by atoms with van der Waals surface area (Å²) in [4.78, 5) is 24.1. The highest BCUT2D eigenvalue weighted by molar-refractivity contribution is 5.76. The zero-order chi connectivity index (χ0) is 12.4. The van der Waals surface area contributed by atoms with Gasteiger partial charge in [-0.1, -0.05) is 20.3 Å². The first kappa shape index (κ1) is 14.9. The van der Waals surface area contributed by atoms with E-state index < -0.39 is 5.91 Å². The highest BCUT2D eigenvalue weighted by Crippen LogP contribution is 2.04. The predicted molar refractivity (Wildman–Crippen MR) is 63.7 cm³/mol. The third-order valence-corrected chi connectivity index (χ3v) is 2.42. The van der Waals surface area contributed by atoms with Gasteiger partial charge in [0.1, 0.15) is 0 Å². The molecular weight excluding hydrogens is 204 g/mol. The van der Waals surface area contributed by atoms with Crippen molar-refractivity contribution in [2.24, 2.45) is 0 Å². The number of nitrogens with one attached hydrogen (secondary N) is 1. The number of amides is 2. The van der Waals surface area contributed by atoms with Crippen molar-refractivity contribution in [2.45, 2.75) is 52.4 Å². The molecular formula is C12H23N2O2. The van der Waals surface area contributed by atoms with Gasteiger partial charge in [0.15, 0.2) is 0 Å². The third kappa shape index (κ3) is 7.26. The maximum atomic E-state index is 11.8. The lowest BCUT2D eigenvalue weighted by atomic mass is 10.2. The molecule has 1 radical (unpaired) electrons. The highest BCUT2D eigenvalue weighted by Gasteiger charge is 2.11. The molecule has 0 heterocycles. The average molecular weight is 227 g/mol. The monoisotopic (exact) mass is 227 g/mol. The molecule has 0 aromatic rings. The van der Waals surface area contributed by atoms with Crippen molar-refractivity contribution in [1.82, 2.24) is 10.6 Å². The van der Waals surface area contributed by atoms with Crippen molar-refractivity contribution in [1.29, 1.82) is 0 Å². The summed E-state index contributed by atoms with van der Waals surface area (Å²) in [5.41, 5.74) is 6.80. The largest absolute Gasteiger partial charge is 0.343 e.